The molecule has 1 aromatic rings. The summed E-state index contributed by atoms with van der Waals surface area (Å²) in [5.41, 5.74) is 1.96. The van der Waals surface area contributed by atoms with Crippen molar-refractivity contribution in [2.45, 2.75) is 39.7 Å². The molecule has 2 N–H and O–H groups in total. The minimum Gasteiger partial charge on any atom is -0.481 e. The van der Waals surface area contributed by atoms with Gasteiger partial charge in [-0.2, -0.15) is 0 Å². The van der Waals surface area contributed by atoms with E-state index in [9.17, 15) is 14.7 Å². The molecule has 1 aromatic heterocycles. The van der Waals surface area contributed by atoms with Crippen LogP contribution in [-0.4, -0.2) is 22.0 Å². The van der Waals surface area contributed by atoms with E-state index in [1.54, 1.807) is 6.20 Å². The van der Waals surface area contributed by atoms with Crippen molar-refractivity contribution in [3.63, 3.8) is 0 Å². The molecule has 1 saturated carbocycles. The van der Waals surface area contributed by atoms with Gasteiger partial charge in [-0.25, -0.2) is 0 Å². The van der Waals surface area contributed by atoms with Crippen molar-refractivity contribution in [3.8, 4) is 0 Å². The van der Waals surface area contributed by atoms with Crippen LogP contribution in [0.25, 0.3) is 0 Å². The number of hydrogen-bond donors (Lipinski definition) is 2. The van der Waals surface area contributed by atoms with Crippen molar-refractivity contribution in [1.82, 2.24) is 10.3 Å². The molecule has 3 atom stereocenters. The lowest BCUT2D eigenvalue weighted by Crippen LogP contribution is -2.35. The summed E-state index contributed by atoms with van der Waals surface area (Å²) in [7, 11) is 0. The Morgan fingerprint density at radius 2 is 2.10 bits per heavy atom. The average Bonchev–Trinajstić information content (AvgIpc) is 2.87. The van der Waals surface area contributed by atoms with Crippen LogP contribution in [0.5, 0.6) is 0 Å². The molecule has 0 aromatic carbocycles. The number of carbonyl (C=O) groups excluding carboxylic acids is 1. The number of nitrogens with one attached hydrogen (secondary N) is 1. The number of aryl methyl sites for hydroxylation is 1. The van der Waals surface area contributed by atoms with Gasteiger partial charge < -0.3 is 10.4 Å². The number of nitrogens with zero attached hydrogens (tertiary/aromatic N) is 1. The molecule has 0 saturated heterocycles. The quantitative estimate of drug-likeness (QED) is 0.869. The van der Waals surface area contributed by atoms with E-state index in [1.165, 1.54) is 0 Å². The number of carbonyl (C=O) groups is 2. The Bertz CT molecular complexity index is 530. The van der Waals surface area contributed by atoms with Crippen LogP contribution >= 0.6 is 0 Å². The molecule has 1 aliphatic rings. The number of aliphatic carboxylic acids is 1. The third-order valence-electron chi connectivity index (χ3n) is 4.25. The summed E-state index contributed by atoms with van der Waals surface area (Å²) in [5.74, 6) is -1.74. The van der Waals surface area contributed by atoms with Gasteiger partial charge in [0, 0.05) is 6.20 Å². The summed E-state index contributed by atoms with van der Waals surface area (Å²) in [5, 5.41) is 12.1. The summed E-state index contributed by atoms with van der Waals surface area (Å²) in [6.07, 6.45) is 3.79. The summed E-state index contributed by atoms with van der Waals surface area (Å²) in [6.45, 7) is 4.40. The van der Waals surface area contributed by atoms with Crippen molar-refractivity contribution >= 4 is 11.9 Å². The van der Waals surface area contributed by atoms with Crippen molar-refractivity contribution < 1.29 is 14.7 Å². The summed E-state index contributed by atoms with van der Waals surface area (Å²) < 4.78 is 0. The van der Waals surface area contributed by atoms with E-state index in [0.717, 1.165) is 17.7 Å². The van der Waals surface area contributed by atoms with Gasteiger partial charge in [-0.1, -0.05) is 19.9 Å². The normalized spacial score (nSPS) is 24.8. The van der Waals surface area contributed by atoms with Gasteiger partial charge in [-0.15, -0.1) is 0 Å². The topological polar surface area (TPSA) is 79.3 Å². The first kappa shape index (κ1) is 15.5. The SMILES string of the molecule is CCc1cccnc1CNC(=O)[C@H]1CC(C)C[C@H]1C(=O)O. The maximum atomic E-state index is 12.3. The maximum Gasteiger partial charge on any atom is 0.307 e. The predicted molar refractivity (Wildman–Crippen MR) is 78.5 cm³/mol. The first-order valence-corrected chi connectivity index (χ1v) is 7.46. The van der Waals surface area contributed by atoms with E-state index in [2.05, 4.69) is 10.3 Å². The second kappa shape index (κ2) is 6.70. The van der Waals surface area contributed by atoms with E-state index in [0.29, 0.717) is 19.4 Å². The molecule has 0 radical (unpaired) electrons. The molecule has 1 heterocycles. The number of amides is 1. The minimum atomic E-state index is -0.869. The van der Waals surface area contributed by atoms with Crippen LogP contribution in [0.4, 0.5) is 0 Å². The van der Waals surface area contributed by atoms with Crippen LogP contribution in [0.3, 0.4) is 0 Å². The third kappa shape index (κ3) is 3.60. The Kier molecular flexibility index (Phi) is 4.94. The van der Waals surface area contributed by atoms with Crippen LogP contribution in [0, 0.1) is 17.8 Å². The largest absolute Gasteiger partial charge is 0.481 e. The minimum absolute atomic E-state index is 0.167. The smallest absolute Gasteiger partial charge is 0.307 e. The molecule has 1 amide bonds. The zero-order chi connectivity index (χ0) is 15.4. The lowest BCUT2D eigenvalue weighted by molar-refractivity contribution is -0.146. The molecule has 5 nitrogen and oxygen atoms in total. The lowest BCUT2D eigenvalue weighted by atomic mass is 9.95. The third-order valence-corrected chi connectivity index (χ3v) is 4.25. The second-order valence-corrected chi connectivity index (χ2v) is 5.81. The van der Waals surface area contributed by atoms with Gasteiger partial charge >= 0.3 is 5.97 Å². The average molecular weight is 290 g/mol. The van der Waals surface area contributed by atoms with Crippen molar-refractivity contribution in [2.24, 2.45) is 17.8 Å². The molecule has 5 heteroatoms. The van der Waals surface area contributed by atoms with Gasteiger partial charge in [0.15, 0.2) is 0 Å². The number of carboxylic acids is 1. The molecule has 1 unspecified atom stereocenters. The number of pyridine rings is 1. The van der Waals surface area contributed by atoms with E-state index in [1.807, 2.05) is 26.0 Å². The monoisotopic (exact) mass is 290 g/mol. The molecule has 114 valence electrons. The molecule has 1 aliphatic carbocycles. The molecule has 0 aliphatic heterocycles. The Morgan fingerprint density at radius 1 is 1.38 bits per heavy atom. The molecule has 0 bridgehead atoms. The second-order valence-electron chi connectivity index (χ2n) is 5.81. The van der Waals surface area contributed by atoms with Gasteiger partial charge in [0.25, 0.3) is 0 Å². The lowest BCUT2D eigenvalue weighted by Gasteiger charge is -2.16. The molecule has 0 spiro atoms. The molecule has 1 fully saturated rings. The van der Waals surface area contributed by atoms with Gasteiger partial charge in [-0.3, -0.25) is 14.6 Å². The first-order chi connectivity index (χ1) is 10.0. The van der Waals surface area contributed by atoms with E-state index in [-0.39, 0.29) is 11.8 Å². The Hall–Kier alpha value is -1.91. The van der Waals surface area contributed by atoms with Crippen LogP contribution < -0.4 is 5.32 Å². The van der Waals surface area contributed by atoms with E-state index in [4.69, 9.17) is 0 Å². The fourth-order valence-electron chi connectivity index (χ4n) is 3.11. The fraction of sp³-hybridized carbons (Fsp3) is 0.562. The Balaban J connectivity index is 2.00. The van der Waals surface area contributed by atoms with Crippen LogP contribution in [0.2, 0.25) is 0 Å². The van der Waals surface area contributed by atoms with E-state index < -0.39 is 17.8 Å². The van der Waals surface area contributed by atoms with Crippen LogP contribution in [0.1, 0.15) is 37.9 Å². The highest BCUT2D eigenvalue weighted by atomic mass is 16.4. The number of carboxylic acid groups (broad SMARTS) is 1. The highest BCUT2D eigenvalue weighted by Gasteiger charge is 2.41. The standard InChI is InChI=1S/C16H22N2O3/c1-3-11-5-4-6-17-14(11)9-18-15(19)12-7-10(2)8-13(12)16(20)21/h4-6,10,12-13H,3,7-9H2,1-2H3,(H,18,19)(H,20,21)/t10?,12-,13+/m0/s1. The zero-order valence-corrected chi connectivity index (χ0v) is 12.5. The zero-order valence-electron chi connectivity index (χ0n) is 12.5. The molecule has 21 heavy (non-hydrogen) atoms. The Labute approximate surface area is 124 Å². The number of hydrogen-bond acceptors (Lipinski definition) is 3. The summed E-state index contributed by atoms with van der Waals surface area (Å²) >= 11 is 0. The number of aromatic nitrogens is 1. The summed E-state index contributed by atoms with van der Waals surface area (Å²) in [6, 6.07) is 3.87. The fourth-order valence-corrected chi connectivity index (χ4v) is 3.11. The highest BCUT2D eigenvalue weighted by Crippen LogP contribution is 2.36. The predicted octanol–water partition coefficient (Wildman–Crippen LogP) is 2.01. The van der Waals surface area contributed by atoms with Gasteiger partial charge in [-0.05, 0) is 36.8 Å². The molecule has 2 rings (SSSR count). The van der Waals surface area contributed by atoms with Crippen LogP contribution in [-0.2, 0) is 22.6 Å². The van der Waals surface area contributed by atoms with E-state index >= 15 is 0 Å². The van der Waals surface area contributed by atoms with Crippen LogP contribution in [0.15, 0.2) is 18.3 Å². The summed E-state index contributed by atoms with van der Waals surface area (Å²) in [4.78, 5) is 27.8. The Morgan fingerprint density at radius 3 is 2.76 bits per heavy atom. The number of rotatable bonds is 5. The van der Waals surface area contributed by atoms with Gasteiger partial charge in [0.1, 0.15) is 0 Å². The van der Waals surface area contributed by atoms with Crippen molar-refractivity contribution in [1.29, 1.82) is 0 Å². The van der Waals surface area contributed by atoms with Crippen molar-refractivity contribution in [3.05, 3.63) is 29.6 Å². The first-order valence-electron chi connectivity index (χ1n) is 7.46. The van der Waals surface area contributed by atoms with Gasteiger partial charge in [0.05, 0.1) is 24.1 Å². The van der Waals surface area contributed by atoms with Crippen molar-refractivity contribution in [2.75, 3.05) is 0 Å². The highest BCUT2D eigenvalue weighted by molar-refractivity contribution is 5.85. The maximum absolute atomic E-state index is 12.3. The molecular weight excluding hydrogens is 268 g/mol. The van der Waals surface area contributed by atoms with Gasteiger partial charge in [0.2, 0.25) is 5.91 Å². The molecular formula is C16H22N2O3.